The number of nitrogens with one attached hydrogen (secondary N) is 1. The first-order valence-electron chi connectivity index (χ1n) is 7.48. The maximum Gasteiger partial charge on any atom is 0.322 e. The lowest BCUT2D eigenvalue weighted by Gasteiger charge is -2.25. The van der Waals surface area contributed by atoms with Gasteiger partial charge in [-0.15, -0.1) is 0 Å². The Morgan fingerprint density at radius 1 is 1.50 bits per heavy atom. The van der Waals surface area contributed by atoms with Crippen LogP contribution >= 0.6 is 0 Å². The summed E-state index contributed by atoms with van der Waals surface area (Å²) in [4.78, 5) is 18.3. The Morgan fingerprint density at radius 3 is 2.91 bits per heavy atom. The molecule has 0 bridgehead atoms. The molecule has 2 amide bonds. The van der Waals surface area contributed by atoms with Crippen molar-refractivity contribution in [1.29, 1.82) is 0 Å². The van der Waals surface area contributed by atoms with Crippen LogP contribution in [0.5, 0.6) is 0 Å². The first-order chi connectivity index (χ1) is 10.6. The summed E-state index contributed by atoms with van der Waals surface area (Å²) in [6.45, 7) is 3.81. The Labute approximate surface area is 129 Å². The van der Waals surface area contributed by atoms with Crippen molar-refractivity contribution in [2.75, 3.05) is 12.4 Å². The quantitative estimate of drug-likeness (QED) is 0.938. The molecule has 116 valence electrons. The number of hydrogen-bond acceptors (Lipinski definition) is 4. The smallest absolute Gasteiger partial charge is 0.322 e. The van der Waals surface area contributed by atoms with Crippen molar-refractivity contribution >= 4 is 11.7 Å². The van der Waals surface area contributed by atoms with Crippen molar-refractivity contribution in [1.82, 2.24) is 15.0 Å². The largest absolute Gasteiger partial charge is 0.359 e. The molecule has 6 nitrogen and oxygen atoms in total. The molecule has 22 heavy (non-hydrogen) atoms. The number of aryl methyl sites for hydroxylation is 1. The third-order valence-corrected chi connectivity index (χ3v) is 4.14. The van der Waals surface area contributed by atoms with Crippen molar-refractivity contribution in [3.05, 3.63) is 41.5 Å². The summed E-state index contributed by atoms with van der Waals surface area (Å²) in [7, 11) is 1.77. The number of aromatic nitrogens is 2. The van der Waals surface area contributed by atoms with Crippen molar-refractivity contribution < 1.29 is 9.32 Å². The second kappa shape index (κ2) is 5.79. The number of amides is 2. The summed E-state index contributed by atoms with van der Waals surface area (Å²) < 4.78 is 5.35. The summed E-state index contributed by atoms with van der Waals surface area (Å²) in [6, 6.07) is 3.58. The number of urea groups is 1. The summed E-state index contributed by atoms with van der Waals surface area (Å²) in [5, 5.41) is 6.92. The van der Waals surface area contributed by atoms with E-state index in [0.29, 0.717) is 5.92 Å². The van der Waals surface area contributed by atoms with Gasteiger partial charge in [0.15, 0.2) is 5.76 Å². The summed E-state index contributed by atoms with van der Waals surface area (Å²) in [5.74, 6) is 1.20. The first-order valence-corrected chi connectivity index (χ1v) is 7.48. The van der Waals surface area contributed by atoms with Crippen LogP contribution in [-0.2, 0) is 0 Å². The average Bonchev–Trinajstić information content (AvgIpc) is 3.32. The van der Waals surface area contributed by atoms with Gasteiger partial charge in [-0.2, -0.15) is 0 Å². The lowest BCUT2D eigenvalue weighted by atomic mass is 10.1. The van der Waals surface area contributed by atoms with Gasteiger partial charge in [0.2, 0.25) is 0 Å². The van der Waals surface area contributed by atoms with E-state index in [1.54, 1.807) is 24.3 Å². The third-order valence-electron chi connectivity index (χ3n) is 4.14. The molecule has 1 fully saturated rings. The number of rotatable bonds is 4. The van der Waals surface area contributed by atoms with E-state index in [9.17, 15) is 4.79 Å². The highest BCUT2D eigenvalue weighted by Crippen LogP contribution is 2.44. The molecule has 1 aliphatic carbocycles. The van der Waals surface area contributed by atoms with E-state index < -0.39 is 0 Å². The number of carbonyl (C=O) groups is 1. The molecule has 2 aromatic rings. The molecule has 0 unspecified atom stereocenters. The average molecular weight is 300 g/mol. The lowest BCUT2D eigenvalue weighted by molar-refractivity contribution is 0.208. The molecular formula is C16H20N4O2. The minimum absolute atomic E-state index is 0.0711. The van der Waals surface area contributed by atoms with Crippen molar-refractivity contribution in [3.63, 3.8) is 0 Å². The molecule has 1 N–H and O–H groups in total. The minimum atomic E-state index is -0.176. The molecule has 1 aliphatic rings. The predicted octanol–water partition coefficient (Wildman–Crippen LogP) is 3.48. The van der Waals surface area contributed by atoms with E-state index in [-0.39, 0.29) is 12.1 Å². The number of nitrogens with zero attached hydrogens (tertiary/aromatic N) is 3. The normalized spacial score (nSPS) is 15.4. The highest BCUT2D eigenvalue weighted by molar-refractivity contribution is 5.90. The number of anilines is 1. The highest BCUT2D eigenvalue weighted by Gasteiger charge is 2.32. The second-order valence-electron chi connectivity index (χ2n) is 5.78. The maximum absolute atomic E-state index is 12.5. The van der Waals surface area contributed by atoms with Gasteiger partial charge in [0.1, 0.15) is 11.4 Å². The zero-order valence-corrected chi connectivity index (χ0v) is 13.0. The molecule has 0 aromatic carbocycles. The minimum Gasteiger partial charge on any atom is -0.359 e. The predicted molar refractivity (Wildman–Crippen MR) is 82.6 cm³/mol. The fourth-order valence-corrected chi connectivity index (χ4v) is 2.38. The van der Waals surface area contributed by atoms with Gasteiger partial charge in [-0.25, -0.2) is 4.79 Å². The van der Waals surface area contributed by atoms with E-state index >= 15 is 0 Å². The van der Waals surface area contributed by atoms with Crippen LogP contribution in [0.4, 0.5) is 10.5 Å². The van der Waals surface area contributed by atoms with Crippen LogP contribution in [0.1, 0.15) is 48.7 Å². The molecule has 6 heteroatoms. The molecule has 2 aromatic heterocycles. The van der Waals surface area contributed by atoms with Crippen molar-refractivity contribution in [2.45, 2.75) is 38.6 Å². The molecule has 3 rings (SSSR count). The van der Waals surface area contributed by atoms with Gasteiger partial charge in [0, 0.05) is 25.4 Å². The Morgan fingerprint density at radius 2 is 2.27 bits per heavy atom. The SMILES string of the molecule is Cc1noc(C2CC2)c1NC(=O)N(C)[C@H](C)c1cccnc1. The van der Waals surface area contributed by atoms with E-state index in [1.165, 1.54) is 0 Å². The number of pyridine rings is 1. The standard InChI is InChI=1S/C16H20N4O2/c1-10-14(15(22-19-10)12-6-7-12)18-16(21)20(3)11(2)13-5-4-8-17-9-13/h4-5,8-9,11-12H,6-7H2,1-3H3,(H,18,21)/t11-/m1/s1. The molecule has 0 saturated heterocycles. The van der Waals surface area contributed by atoms with Crippen molar-refractivity contribution in [3.8, 4) is 0 Å². The van der Waals surface area contributed by atoms with Crippen LogP contribution in [0.2, 0.25) is 0 Å². The van der Waals surface area contributed by atoms with Gasteiger partial charge in [-0.05, 0) is 38.3 Å². The summed E-state index contributed by atoms with van der Waals surface area (Å²) >= 11 is 0. The van der Waals surface area contributed by atoms with E-state index in [4.69, 9.17) is 4.52 Å². The van der Waals surface area contributed by atoms with E-state index in [2.05, 4.69) is 15.5 Å². The molecule has 1 saturated carbocycles. The van der Waals surface area contributed by atoms with Crippen LogP contribution in [0.15, 0.2) is 29.0 Å². The fraction of sp³-hybridized carbons (Fsp3) is 0.438. The Bertz CT molecular complexity index is 664. The maximum atomic E-state index is 12.5. The Balaban J connectivity index is 1.73. The van der Waals surface area contributed by atoms with Gasteiger partial charge in [0.05, 0.1) is 6.04 Å². The molecule has 2 heterocycles. The zero-order chi connectivity index (χ0) is 15.7. The first kappa shape index (κ1) is 14.6. The lowest BCUT2D eigenvalue weighted by Crippen LogP contribution is -2.34. The van der Waals surface area contributed by atoms with Gasteiger partial charge >= 0.3 is 6.03 Å². The van der Waals surface area contributed by atoms with Crippen LogP contribution in [0.3, 0.4) is 0 Å². The highest BCUT2D eigenvalue weighted by atomic mass is 16.5. The topological polar surface area (TPSA) is 71.3 Å². The molecular weight excluding hydrogens is 280 g/mol. The van der Waals surface area contributed by atoms with Crippen molar-refractivity contribution in [2.24, 2.45) is 0 Å². The zero-order valence-electron chi connectivity index (χ0n) is 13.0. The Hall–Kier alpha value is -2.37. The molecule has 0 aliphatic heterocycles. The number of hydrogen-bond donors (Lipinski definition) is 1. The second-order valence-corrected chi connectivity index (χ2v) is 5.78. The van der Waals surface area contributed by atoms with Gasteiger partial charge in [-0.1, -0.05) is 11.2 Å². The summed E-state index contributed by atoms with van der Waals surface area (Å²) in [5.41, 5.74) is 2.43. The van der Waals surface area contributed by atoms with Crippen LogP contribution in [-0.4, -0.2) is 28.1 Å². The van der Waals surface area contributed by atoms with Gasteiger partial charge in [0.25, 0.3) is 0 Å². The summed E-state index contributed by atoms with van der Waals surface area (Å²) in [6.07, 6.45) is 5.69. The van der Waals surface area contributed by atoms with Crippen LogP contribution < -0.4 is 5.32 Å². The van der Waals surface area contributed by atoms with Crippen LogP contribution in [0, 0.1) is 6.92 Å². The van der Waals surface area contributed by atoms with E-state index in [0.717, 1.165) is 35.5 Å². The van der Waals surface area contributed by atoms with Gasteiger partial charge < -0.3 is 14.7 Å². The van der Waals surface area contributed by atoms with Gasteiger partial charge in [-0.3, -0.25) is 4.98 Å². The monoisotopic (exact) mass is 300 g/mol. The Kier molecular flexibility index (Phi) is 3.83. The fourth-order valence-electron chi connectivity index (χ4n) is 2.38. The number of carbonyl (C=O) groups excluding carboxylic acids is 1. The van der Waals surface area contributed by atoms with E-state index in [1.807, 2.05) is 26.0 Å². The molecule has 1 atom stereocenters. The van der Waals surface area contributed by atoms with Crippen LogP contribution in [0.25, 0.3) is 0 Å². The molecule has 0 spiro atoms. The third kappa shape index (κ3) is 2.81. The molecule has 0 radical (unpaired) electrons.